The number of aryl methyl sites for hydroxylation is 1. The van der Waals surface area contributed by atoms with Crippen LogP contribution < -0.4 is 10.0 Å². The van der Waals surface area contributed by atoms with Crippen molar-refractivity contribution in [1.82, 2.24) is 25.0 Å². The Labute approximate surface area is 156 Å². The van der Waals surface area contributed by atoms with Crippen molar-refractivity contribution in [3.8, 4) is 11.1 Å². The monoisotopic (exact) mass is 362 g/mol. The Morgan fingerprint density at radius 3 is 2.70 bits per heavy atom. The summed E-state index contributed by atoms with van der Waals surface area (Å²) in [6, 6.07) is 7.47. The Bertz CT molecular complexity index is 1120. The van der Waals surface area contributed by atoms with Crippen molar-refractivity contribution >= 4 is 22.7 Å². The highest BCUT2D eigenvalue weighted by Gasteiger charge is 2.15. The molecule has 0 atom stereocenters. The van der Waals surface area contributed by atoms with Gasteiger partial charge in [0.15, 0.2) is 5.82 Å². The van der Waals surface area contributed by atoms with E-state index in [-0.39, 0.29) is 0 Å². The molecule has 8 nitrogen and oxygen atoms in total. The summed E-state index contributed by atoms with van der Waals surface area (Å²) in [5.41, 5.74) is 4.08. The van der Waals surface area contributed by atoms with E-state index >= 15 is 0 Å². The molecule has 4 rings (SSSR count). The first-order chi connectivity index (χ1) is 13.0. The predicted octanol–water partition coefficient (Wildman–Crippen LogP) is 2.82. The molecule has 0 spiro atoms. The van der Waals surface area contributed by atoms with Gasteiger partial charge in [0.2, 0.25) is 6.20 Å². The third kappa shape index (κ3) is 3.41. The van der Waals surface area contributed by atoms with Crippen LogP contribution in [0.2, 0.25) is 0 Å². The van der Waals surface area contributed by atoms with Gasteiger partial charge in [0.1, 0.15) is 11.3 Å². The van der Waals surface area contributed by atoms with Gasteiger partial charge >= 0.3 is 0 Å². The van der Waals surface area contributed by atoms with Gasteiger partial charge in [-0.05, 0) is 29.7 Å². The molecule has 136 valence electrons. The van der Waals surface area contributed by atoms with Gasteiger partial charge in [-0.1, -0.05) is 13.8 Å². The normalized spacial score (nSPS) is 11.3. The lowest BCUT2D eigenvalue weighted by molar-refractivity contribution is -0.884. The van der Waals surface area contributed by atoms with Gasteiger partial charge in [0.05, 0.1) is 18.0 Å². The Kier molecular flexibility index (Phi) is 4.15. The van der Waals surface area contributed by atoms with Crippen LogP contribution in [0.4, 0.5) is 11.6 Å². The molecule has 0 fully saturated rings. The van der Waals surface area contributed by atoms with Crippen molar-refractivity contribution in [1.29, 1.82) is 0 Å². The molecule has 0 aromatic carbocycles. The van der Waals surface area contributed by atoms with E-state index in [0.29, 0.717) is 28.6 Å². The lowest BCUT2D eigenvalue weighted by Gasteiger charge is -2.08. The van der Waals surface area contributed by atoms with Gasteiger partial charge < -0.3 is 5.32 Å². The van der Waals surface area contributed by atoms with E-state index in [1.165, 1.54) is 0 Å². The molecule has 2 N–H and O–H groups in total. The van der Waals surface area contributed by atoms with E-state index in [4.69, 9.17) is 0 Å². The van der Waals surface area contributed by atoms with Crippen LogP contribution >= 0.6 is 0 Å². The van der Waals surface area contributed by atoms with E-state index in [9.17, 15) is 5.21 Å². The zero-order valence-corrected chi connectivity index (χ0v) is 15.3. The van der Waals surface area contributed by atoms with Crippen LogP contribution in [0.25, 0.3) is 22.2 Å². The zero-order chi connectivity index (χ0) is 19.0. The molecule has 0 amide bonds. The van der Waals surface area contributed by atoms with Crippen LogP contribution in [0, 0.1) is 0 Å². The molecule has 0 aliphatic rings. The first-order valence-electron chi connectivity index (χ1n) is 8.64. The third-order valence-electron chi connectivity index (χ3n) is 4.34. The first-order valence-corrected chi connectivity index (χ1v) is 8.64. The zero-order valence-electron chi connectivity index (χ0n) is 15.3. The fourth-order valence-electron chi connectivity index (χ4n) is 2.84. The highest BCUT2D eigenvalue weighted by Crippen LogP contribution is 2.23. The molecule has 0 saturated carbocycles. The lowest BCUT2D eigenvalue weighted by Crippen LogP contribution is -2.30. The molecule has 0 aliphatic carbocycles. The Morgan fingerprint density at radius 1 is 1.11 bits per heavy atom. The van der Waals surface area contributed by atoms with Gasteiger partial charge in [-0.25, -0.2) is 4.98 Å². The number of hydrogen-bond donors (Lipinski definition) is 2. The molecule has 8 heteroatoms. The van der Waals surface area contributed by atoms with Gasteiger partial charge in [-0.15, -0.1) is 5.10 Å². The smallest absolute Gasteiger partial charge is 0.282 e. The van der Waals surface area contributed by atoms with Crippen LogP contribution in [-0.2, 0) is 7.05 Å². The minimum absolute atomic E-state index is 0.362. The highest BCUT2D eigenvalue weighted by atomic mass is 16.5. The fraction of sp³-hybridized carbons (Fsp3) is 0.211. The van der Waals surface area contributed by atoms with E-state index in [1.54, 1.807) is 35.4 Å². The van der Waals surface area contributed by atoms with E-state index < -0.39 is 0 Å². The summed E-state index contributed by atoms with van der Waals surface area (Å²) in [6.07, 6.45) is 7.04. The summed E-state index contributed by atoms with van der Waals surface area (Å²) in [6.45, 7) is 4.21. The highest BCUT2D eigenvalue weighted by molar-refractivity contribution is 5.79. The second-order valence-electron chi connectivity index (χ2n) is 6.73. The van der Waals surface area contributed by atoms with Crippen molar-refractivity contribution in [2.24, 2.45) is 7.05 Å². The Balaban J connectivity index is 1.71. The van der Waals surface area contributed by atoms with E-state index in [1.807, 2.05) is 25.4 Å². The summed E-state index contributed by atoms with van der Waals surface area (Å²) in [5, 5.41) is 25.8. The van der Waals surface area contributed by atoms with Crippen molar-refractivity contribution in [3.05, 3.63) is 54.6 Å². The van der Waals surface area contributed by atoms with Crippen LogP contribution in [-0.4, -0.2) is 30.2 Å². The average Bonchev–Trinajstić information content (AvgIpc) is 3.08. The second kappa shape index (κ2) is 6.64. The predicted molar refractivity (Wildman–Crippen MR) is 101 cm³/mol. The van der Waals surface area contributed by atoms with Gasteiger partial charge in [-0.2, -0.15) is 10.2 Å². The SMILES string of the molecule is CC(C)c1cnnc(Nc2ccc3c(cc(-c4cnn(C)c4)c[n+]3O)n2)c1. The molecule has 0 bridgehead atoms. The van der Waals surface area contributed by atoms with Gasteiger partial charge in [-0.3, -0.25) is 9.89 Å². The maximum absolute atomic E-state index is 10.3. The summed E-state index contributed by atoms with van der Waals surface area (Å²) >= 11 is 0. The molecular weight excluding hydrogens is 342 g/mol. The van der Waals surface area contributed by atoms with Crippen LogP contribution in [0.1, 0.15) is 25.3 Å². The molecule has 0 radical (unpaired) electrons. The average molecular weight is 362 g/mol. The van der Waals surface area contributed by atoms with Crippen LogP contribution in [0.3, 0.4) is 0 Å². The second-order valence-corrected chi connectivity index (χ2v) is 6.73. The number of hydrogen-bond acceptors (Lipinski definition) is 6. The standard InChI is InChI=1S/C19H20N7O/c1-12(2)13-7-19(24-20-8-13)23-18-5-4-17-16(22-18)6-14(11-26(17)27)15-9-21-25(3)10-15/h4-12,27H,1-3H3,(H,22,23,24)/q+1. The molecule has 0 aliphatic heterocycles. The number of nitrogens with one attached hydrogen (secondary N) is 1. The third-order valence-corrected chi connectivity index (χ3v) is 4.34. The number of aromatic nitrogens is 6. The number of rotatable bonds is 4. The summed E-state index contributed by atoms with van der Waals surface area (Å²) in [7, 11) is 1.85. The molecular formula is C19H20N7O+. The van der Waals surface area contributed by atoms with Crippen molar-refractivity contribution in [2.75, 3.05) is 5.32 Å². The quantitative estimate of drug-likeness (QED) is 0.428. The van der Waals surface area contributed by atoms with E-state index in [2.05, 4.69) is 39.4 Å². The maximum atomic E-state index is 10.3. The van der Waals surface area contributed by atoms with Gasteiger partial charge in [0, 0.05) is 29.6 Å². The lowest BCUT2D eigenvalue weighted by atomic mass is 10.1. The Hall–Kier alpha value is -3.55. The Morgan fingerprint density at radius 2 is 1.96 bits per heavy atom. The van der Waals surface area contributed by atoms with E-state index in [0.717, 1.165) is 21.4 Å². The fourth-order valence-corrected chi connectivity index (χ4v) is 2.84. The topological polar surface area (TPSA) is 92.6 Å². The molecule has 4 aromatic rings. The number of nitrogens with zero attached hydrogens (tertiary/aromatic N) is 6. The minimum atomic E-state index is 0.362. The number of pyridine rings is 2. The maximum Gasteiger partial charge on any atom is 0.282 e. The van der Waals surface area contributed by atoms with Crippen LogP contribution in [0.5, 0.6) is 0 Å². The van der Waals surface area contributed by atoms with Gasteiger partial charge in [0.25, 0.3) is 5.52 Å². The molecule has 4 heterocycles. The van der Waals surface area contributed by atoms with Crippen molar-refractivity contribution in [3.63, 3.8) is 0 Å². The van der Waals surface area contributed by atoms with Crippen molar-refractivity contribution in [2.45, 2.75) is 19.8 Å². The summed E-state index contributed by atoms with van der Waals surface area (Å²) in [4.78, 5) is 4.61. The summed E-state index contributed by atoms with van der Waals surface area (Å²) in [5.74, 6) is 1.62. The van der Waals surface area contributed by atoms with Crippen molar-refractivity contribution < 1.29 is 9.94 Å². The van der Waals surface area contributed by atoms with Crippen LogP contribution in [0.15, 0.2) is 49.1 Å². The molecule has 0 unspecified atom stereocenters. The first kappa shape index (κ1) is 16.9. The molecule has 27 heavy (non-hydrogen) atoms. The summed E-state index contributed by atoms with van der Waals surface area (Å²) < 4.78 is 2.79. The molecule has 0 saturated heterocycles. The molecule has 4 aromatic heterocycles. The largest absolute Gasteiger partial charge is 0.323 e. The minimum Gasteiger partial charge on any atom is -0.323 e. The number of anilines is 2. The number of fused-ring (bicyclic) bond motifs is 1.